The number of hydrogen-bond donors (Lipinski definition) is 0. The minimum absolute atomic E-state index is 0.0226. The van der Waals surface area contributed by atoms with Crippen molar-refractivity contribution in [2.75, 3.05) is 51.2 Å². The first-order valence-electron chi connectivity index (χ1n) is 4.67. The molecule has 15 heavy (non-hydrogen) atoms. The first kappa shape index (κ1) is 15.1. The molecule has 90 valence electrons. The summed E-state index contributed by atoms with van der Waals surface area (Å²) < 4.78 is 20.7. The quantitative estimate of drug-likeness (QED) is 0.254. The second kappa shape index (κ2) is 12.2. The number of alkyl halides is 1. The zero-order valence-electron chi connectivity index (χ0n) is 8.87. The number of carbonyl (C=O) groups is 1. The Hall–Kier alpha value is 0.0800. The SMILES string of the molecule is COC(=O)COCCOCCOCCI. The van der Waals surface area contributed by atoms with Gasteiger partial charge in [-0.15, -0.1) is 0 Å². The van der Waals surface area contributed by atoms with Crippen LogP contribution in [-0.2, 0) is 23.7 Å². The van der Waals surface area contributed by atoms with Crippen molar-refractivity contribution in [3.05, 3.63) is 0 Å². The van der Waals surface area contributed by atoms with E-state index in [4.69, 9.17) is 14.2 Å². The fourth-order valence-electron chi connectivity index (χ4n) is 0.709. The van der Waals surface area contributed by atoms with Gasteiger partial charge in [-0.1, -0.05) is 22.6 Å². The van der Waals surface area contributed by atoms with E-state index < -0.39 is 0 Å². The van der Waals surface area contributed by atoms with Gasteiger partial charge in [0.25, 0.3) is 0 Å². The van der Waals surface area contributed by atoms with Crippen molar-refractivity contribution in [3.8, 4) is 0 Å². The highest BCUT2D eigenvalue weighted by Gasteiger charge is 1.98. The molecule has 0 spiro atoms. The molecule has 0 aromatic carbocycles. The lowest BCUT2D eigenvalue weighted by molar-refractivity contribution is -0.146. The fraction of sp³-hybridized carbons (Fsp3) is 0.889. The normalized spacial score (nSPS) is 10.3. The monoisotopic (exact) mass is 332 g/mol. The third kappa shape index (κ3) is 12.0. The van der Waals surface area contributed by atoms with E-state index in [1.807, 2.05) is 0 Å². The van der Waals surface area contributed by atoms with Crippen molar-refractivity contribution in [2.24, 2.45) is 0 Å². The molecule has 0 fully saturated rings. The molecule has 0 aliphatic carbocycles. The van der Waals surface area contributed by atoms with Gasteiger partial charge in [-0.2, -0.15) is 0 Å². The summed E-state index contributed by atoms with van der Waals surface area (Å²) in [4.78, 5) is 10.6. The van der Waals surface area contributed by atoms with Crippen LogP contribution in [0.25, 0.3) is 0 Å². The lowest BCUT2D eigenvalue weighted by Gasteiger charge is -2.05. The Kier molecular flexibility index (Phi) is 12.2. The fourth-order valence-corrected chi connectivity index (χ4v) is 1.02. The Morgan fingerprint density at radius 3 is 2.07 bits per heavy atom. The number of halogens is 1. The molecule has 0 N–H and O–H groups in total. The van der Waals surface area contributed by atoms with Crippen molar-refractivity contribution in [1.29, 1.82) is 0 Å². The third-order valence-electron chi connectivity index (χ3n) is 1.41. The molecular formula is C9H17IO5. The molecule has 0 aromatic heterocycles. The molecular weight excluding hydrogens is 315 g/mol. The van der Waals surface area contributed by atoms with E-state index >= 15 is 0 Å². The van der Waals surface area contributed by atoms with Gasteiger partial charge in [0.1, 0.15) is 6.61 Å². The summed E-state index contributed by atoms with van der Waals surface area (Å²) >= 11 is 2.25. The summed E-state index contributed by atoms with van der Waals surface area (Å²) in [6.07, 6.45) is 0. The van der Waals surface area contributed by atoms with Crippen LogP contribution in [0.2, 0.25) is 0 Å². The maximum atomic E-state index is 10.6. The molecule has 0 aromatic rings. The largest absolute Gasteiger partial charge is 0.467 e. The van der Waals surface area contributed by atoms with E-state index in [0.29, 0.717) is 26.4 Å². The van der Waals surface area contributed by atoms with Crippen molar-refractivity contribution in [2.45, 2.75) is 0 Å². The standard InChI is InChI=1S/C9H17IO5/c1-12-9(11)8-15-7-6-14-5-4-13-3-2-10/h2-8H2,1H3. The number of carbonyl (C=O) groups excluding carboxylic acids is 1. The molecule has 0 unspecified atom stereocenters. The van der Waals surface area contributed by atoms with Gasteiger partial charge in [0.05, 0.1) is 40.1 Å². The zero-order chi connectivity index (χ0) is 11.4. The van der Waals surface area contributed by atoms with Crippen LogP contribution < -0.4 is 0 Å². The van der Waals surface area contributed by atoms with Gasteiger partial charge in [-0.3, -0.25) is 0 Å². The Balaban J connectivity index is 2.95. The van der Waals surface area contributed by atoms with E-state index in [0.717, 1.165) is 11.0 Å². The van der Waals surface area contributed by atoms with Crippen LogP contribution in [-0.4, -0.2) is 57.1 Å². The lowest BCUT2D eigenvalue weighted by atomic mass is 10.7. The van der Waals surface area contributed by atoms with Crippen LogP contribution in [0, 0.1) is 0 Å². The molecule has 0 aliphatic rings. The number of methoxy groups -OCH3 is 1. The van der Waals surface area contributed by atoms with Crippen molar-refractivity contribution >= 4 is 28.6 Å². The number of rotatable bonds is 10. The van der Waals surface area contributed by atoms with Crippen LogP contribution >= 0.6 is 22.6 Å². The molecule has 0 saturated carbocycles. The lowest BCUT2D eigenvalue weighted by Crippen LogP contribution is -2.14. The van der Waals surface area contributed by atoms with E-state index in [1.54, 1.807) is 0 Å². The summed E-state index contributed by atoms with van der Waals surface area (Å²) in [6.45, 7) is 2.73. The van der Waals surface area contributed by atoms with Crippen molar-refractivity contribution in [1.82, 2.24) is 0 Å². The second-order valence-corrected chi connectivity index (χ2v) is 3.62. The van der Waals surface area contributed by atoms with Crippen LogP contribution in [0.3, 0.4) is 0 Å². The van der Waals surface area contributed by atoms with Gasteiger partial charge >= 0.3 is 5.97 Å². The van der Waals surface area contributed by atoms with E-state index in [2.05, 4.69) is 27.3 Å². The molecule has 6 heteroatoms. The van der Waals surface area contributed by atoms with E-state index in [9.17, 15) is 4.79 Å². The molecule has 0 saturated heterocycles. The van der Waals surface area contributed by atoms with Gasteiger partial charge in [0, 0.05) is 4.43 Å². The summed E-state index contributed by atoms with van der Waals surface area (Å²) in [5.41, 5.74) is 0. The maximum Gasteiger partial charge on any atom is 0.331 e. The Labute approximate surface area is 104 Å². The number of esters is 1. The Morgan fingerprint density at radius 1 is 1.00 bits per heavy atom. The van der Waals surface area contributed by atoms with Gasteiger partial charge < -0.3 is 18.9 Å². The first-order valence-corrected chi connectivity index (χ1v) is 6.19. The summed E-state index contributed by atoms with van der Waals surface area (Å²) in [5.74, 6) is -0.375. The molecule has 5 nitrogen and oxygen atoms in total. The molecule has 0 aliphatic heterocycles. The topological polar surface area (TPSA) is 54.0 Å². The minimum Gasteiger partial charge on any atom is -0.467 e. The summed E-state index contributed by atoms with van der Waals surface area (Å²) in [5, 5.41) is 0. The molecule has 0 rings (SSSR count). The highest BCUT2D eigenvalue weighted by molar-refractivity contribution is 14.1. The molecule has 0 heterocycles. The third-order valence-corrected chi connectivity index (χ3v) is 1.85. The average Bonchev–Trinajstić information content (AvgIpc) is 2.26. The van der Waals surface area contributed by atoms with Crippen molar-refractivity contribution in [3.63, 3.8) is 0 Å². The molecule has 0 bridgehead atoms. The average molecular weight is 332 g/mol. The highest BCUT2D eigenvalue weighted by Crippen LogP contribution is 1.84. The highest BCUT2D eigenvalue weighted by atomic mass is 127. The van der Waals surface area contributed by atoms with Crippen molar-refractivity contribution < 1.29 is 23.7 Å². The number of ether oxygens (including phenoxy) is 4. The number of hydrogen-bond acceptors (Lipinski definition) is 5. The van der Waals surface area contributed by atoms with E-state index in [-0.39, 0.29) is 12.6 Å². The van der Waals surface area contributed by atoms with Gasteiger partial charge in [0.2, 0.25) is 0 Å². The van der Waals surface area contributed by atoms with Gasteiger partial charge in [-0.25, -0.2) is 4.79 Å². The van der Waals surface area contributed by atoms with Gasteiger partial charge in [-0.05, 0) is 0 Å². The molecule has 0 amide bonds. The van der Waals surface area contributed by atoms with Crippen LogP contribution in [0.1, 0.15) is 0 Å². The first-order chi connectivity index (χ1) is 7.31. The van der Waals surface area contributed by atoms with E-state index in [1.165, 1.54) is 7.11 Å². The van der Waals surface area contributed by atoms with Crippen LogP contribution in [0.15, 0.2) is 0 Å². The zero-order valence-corrected chi connectivity index (χ0v) is 11.0. The molecule has 0 atom stereocenters. The summed E-state index contributed by atoms with van der Waals surface area (Å²) in [7, 11) is 1.33. The predicted molar refractivity (Wildman–Crippen MR) is 63.4 cm³/mol. The smallest absolute Gasteiger partial charge is 0.331 e. The Bertz CT molecular complexity index is 153. The maximum absolute atomic E-state index is 10.6. The Morgan fingerprint density at radius 2 is 1.53 bits per heavy atom. The second-order valence-electron chi connectivity index (χ2n) is 2.54. The van der Waals surface area contributed by atoms with Crippen LogP contribution in [0.5, 0.6) is 0 Å². The predicted octanol–water partition coefficient (Wildman–Crippen LogP) is 0.644. The van der Waals surface area contributed by atoms with Crippen LogP contribution in [0.4, 0.5) is 0 Å². The molecule has 0 radical (unpaired) electrons. The van der Waals surface area contributed by atoms with Gasteiger partial charge in [0.15, 0.2) is 0 Å². The summed E-state index contributed by atoms with van der Waals surface area (Å²) in [6, 6.07) is 0. The minimum atomic E-state index is -0.375.